The Morgan fingerprint density at radius 2 is 2.06 bits per heavy atom. The topological polar surface area (TPSA) is 53.4 Å². The number of pyridine rings is 1. The lowest BCUT2D eigenvalue weighted by molar-refractivity contribution is -0.143. The lowest BCUT2D eigenvalue weighted by Gasteiger charge is -2.26. The van der Waals surface area contributed by atoms with Gasteiger partial charge in [0.2, 0.25) is 0 Å². The van der Waals surface area contributed by atoms with E-state index in [2.05, 4.69) is 4.98 Å². The molecule has 1 heterocycles. The molecule has 0 fully saturated rings. The predicted octanol–water partition coefficient (Wildman–Crippen LogP) is 1.86. The number of likely N-dealkylation sites (N-methyl/N-ethyl adjacent to an activating group) is 1. The molecule has 1 aromatic heterocycles. The highest BCUT2D eigenvalue weighted by molar-refractivity contribution is 5.75. The van der Waals surface area contributed by atoms with Crippen LogP contribution < -0.4 is 0 Å². The summed E-state index contributed by atoms with van der Waals surface area (Å²) in [5.41, 5.74) is 1.63. The zero-order valence-electron chi connectivity index (χ0n) is 9.97. The zero-order chi connectivity index (χ0) is 12.1. The summed E-state index contributed by atoms with van der Waals surface area (Å²) in [7, 11) is 0. The van der Waals surface area contributed by atoms with Crippen LogP contribution in [0.5, 0.6) is 0 Å². The third-order valence-corrected chi connectivity index (χ3v) is 2.66. The van der Waals surface area contributed by atoms with Crippen LogP contribution in [-0.4, -0.2) is 34.0 Å². The Bertz CT molecular complexity index is 345. The first kappa shape index (κ1) is 12.6. The molecule has 16 heavy (non-hydrogen) atoms. The second-order valence-electron chi connectivity index (χ2n) is 3.69. The summed E-state index contributed by atoms with van der Waals surface area (Å²) in [6.45, 7) is 7.22. The molecule has 0 amide bonds. The molecule has 0 aliphatic carbocycles. The molecule has 4 heteroatoms. The summed E-state index contributed by atoms with van der Waals surface area (Å²) >= 11 is 0. The van der Waals surface area contributed by atoms with E-state index < -0.39 is 12.0 Å². The minimum absolute atomic E-state index is 0.594. The van der Waals surface area contributed by atoms with Gasteiger partial charge in [-0.25, -0.2) is 0 Å². The van der Waals surface area contributed by atoms with Gasteiger partial charge in [0.15, 0.2) is 0 Å². The average molecular weight is 222 g/mol. The molecule has 0 saturated heterocycles. The van der Waals surface area contributed by atoms with E-state index in [0.717, 1.165) is 11.3 Å². The summed E-state index contributed by atoms with van der Waals surface area (Å²) in [4.78, 5) is 17.3. The molecule has 1 aromatic rings. The number of aliphatic carboxylic acids is 1. The van der Waals surface area contributed by atoms with Gasteiger partial charge in [-0.3, -0.25) is 14.7 Å². The Morgan fingerprint density at radius 3 is 2.44 bits per heavy atom. The molecule has 1 N–H and O–H groups in total. The van der Waals surface area contributed by atoms with E-state index in [-0.39, 0.29) is 0 Å². The van der Waals surface area contributed by atoms with E-state index >= 15 is 0 Å². The maximum Gasteiger partial charge on any atom is 0.325 e. The van der Waals surface area contributed by atoms with Crippen LogP contribution in [-0.2, 0) is 4.79 Å². The van der Waals surface area contributed by atoms with Crippen LogP contribution in [0.4, 0.5) is 0 Å². The molecule has 0 aromatic carbocycles. The van der Waals surface area contributed by atoms with Crippen molar-refractivity contribution < 1.29 is 9.90 Å². The van der Waals surface area contributed by atoms with Crippen molar-refractivity contribution in [2.24, 2.45) is 0 Å². The van der Waals surface area contributed by atoms with Gasteiger partial charge in [0, 0.05) is 11.9 Å². The second kappa shape index (κ2) is 5.61. The minimum atomic E-state index is -0.825. The number of nitrogens with zero attached hydrogens (tertiary/aromatic N) is 2. The highest BCUT2D eigenvalue weighted by Crippen LogP contribution is 2.20. The highest BCUT2D eigenvalue weighted by Gasteiger charge is 2.25. The van der Waals surface area contributed by atoms with Crippen molar-refractivity contribution >= 4 is 5.97 Å². The first-order valence-electron chi connectivity index (χ1n) is 5.49. The Balaban J connectivity index is 3.02. The Morgan fingerprint density at radius 1 is 1.44 bits per heavy atom. The molecule has 1 rings (SSSR count). The molecule has 0 saturated carbocycles. The van der Waals surface area contributed by atoms with Crippen molar-refractivity contribution in [2.75, 3.05) is 13.1 Å². The normalized spacial score (nSPS) is 12.8. The maximum absolute atomic E-state index is 11.3. The summed E-state index contributed by atoms with van der Waals surface area (Å²) < 4.78 is 0. The van der Waals surface area contributed by atoms with Crippen molar-refractivity contribution in [3.05, 3.63) is 29.6 Å². The molecular formula is C12H18N2O2. The van der Waals surface area contributed by atoms with Gasteiger partial charge in [-0.2, -0.15) is 0 Å². The number of aryl methyl sites for hydroxylation is 1. The lowest BCUT2D eigenvalue weighted by Crippen LogP contribution is -2.33. The van der Waals surface area contributed by atoms with Gasteiger partial charge < -0.3 is 5.11 Å². The van der Waals surface area contributed by atoms with Crippen LogP contribution in [0, 0.1) is 6.92 Å². The van der Waals surface area contributed by atoms with E-state index in [9.17, 15) is 9.90 Å². The summed E-state index contributed by atoms with van der Waals surface area (Å²) in [6, 6.07) is 3.08. The summed E-state index contributed by atoms with van der Waals surface area (Å²) in [5, 5.41) is 9.26. The van der Waals surface area contributed by atoms with Crippen molar-refractivity contribution in [1.82, 2.24) is 9.88 Å². The summed E-state index contributed by atoms with van der Waals surface area (Å²) in [5.74, 6) is -0.825. The fourth-order valence-electron chi connectivity index (χ4n) is 1.74. The van der Waals surface area contributed by atoms with E-state index in [4.69, 9.17) is 0 Å². The first-order valence-corrected chi connectivity index (χ1v) is 5.49. The molecule has 0 bridgehead atoms. The number of carboxylic acids is 1. The largest absolute Gasteiger partial charge is 0.480 e. The molecule has 88 valence electrons. The number of hydrogen-bond donors (Lipinski definition) is 1. The van der Waals surface area contributed by atoms with E-state index in [0.29, 0.717) is 13.1 Å². The molecule has 1 atom stereocenters. The monoisotopic (exact) mass is 222 g/mol. The molecule has 1 unspecified atom stereocenters. The minimum Gasteiger partial charge on any atom is -0.480 e. The molecule has 4 nitrogen and oxygen atoms in total. The fourth-order valence-corrected chi connectivity index (χ4v) is 1.74. The highest BCUT2D eigenvalue weighted by atomic mass is 16.4. The average Bonchev–Trinajstić information content (AvgIpc) is 2.27. The Hall–Kier alpha value is -1.42. The Labute approximate surface area is 95.9 Å². The van der Waals surface area contributed by atoms with Crippen molar-refractivity contribution in [3.8, 4) is 0 Å². The number of carbonyl (C=O) groups is 1. The van der Waals surface area contributed by atoms with Gasteiger partial charge in [0.1, 0.15) is 6.04 Å². The number of carboxylic acid groups (broad SMARTS) is 1. The van der Waals surface area contributed by atoms with Gasteiger partial charge in [-0.15, -0.1) is 0 Å². The van der Waals surface area contributed by atoms with Crippen molar-refractivity contribution in [1.29, 1.82) is 0 Å². The Kier molecular flexibility index (Phi) is 4.43. The van der Waals surface area contributed by atoms with Gasteiger partial charge >= 0.3 is 5.97 Å². The van der Waals surface area contributed by atoms with Crippen molar-refractivity contribution in [3.63, 3.8) is 0 Å². The predicted molar refractivity (Wildman–Crippen MR) is 62.3 cm³/mol. The standard InChI is InChI=1S/C12H18N2O2/c1-4-14(5-2)11(12(15)16)10-7-6-9(3)13-8-10/h6-8,11H,4-5H2,1-3H3,(H,15,16). The van der Waals surface area contributed by atoms with E-state index in [1.807, 2.05) is 37.8 Å². The van der Waals surface area contributed by atoms with Gasteiger partial charge in [-0.05, 0) is 31.6 Å². The van der Waals surface area contributed by atoms with Crippen LogP contribution in [0.2, 0.25) is 0 Å². The number of hydrogen-bond acceptors (Lipinski definition) is 3. The number of aromatic nitrogens is 1. The van der Waals surface area contributed by atoms with Crippen molar-refractivity contribution in [2.45, 2.75) is 26.8 Å². The zero-order valence-corrected chi connectivity index (χ0v) is 9.97. The second-order valence-corrected chi connectivity index (χ2v) is 3.69. The molecule has 0 spiro atoms. The molecule has 0 radical (unpaired) electrons. The fraction of sp³-hybridized carbons (Fsp3) is 0.500. The quantitative estimate of drug-likeness (QED) is 0.826. The summed E-state index contributed by atoms with van der Waals surface area (Å²) in [6.07, 6.45) is 1.65. The van der Waals surface area contributed by atoms with Crippen LogP contribution in [0.25, 0.3) is 0 Å². The third kappa shape index (κ3) is 2.79. The van der Waals surface area contributed by atoms with Crippen LogP contribution >= 0.6 is 0 Å². The molecule has 0 aliphatic heterocycles. The third-order valence-electron chi connectivity index (χ3n) is 2.66. The van der Waals surface area contributed by atoms with E-state index in [1.54, 1.807) is 6.20 Å². The van der Waals surface area contributed by atoms with Gasteiger partial charge in [0.25, 0.3) is 0 Å². The number of rotatable bonds is 5. The first-order chi connectivity index (χ1) is 7.60. The SMILES string of the molecule is CCN(CC)C(C(=O)O)c1ccc(C)nc1. The van der Waals surface area contributed by atoms with Crippen LogP contribution in [0.3, 0.4) is 0 Å². The molecular weight excluding hydrogens is 204 g/mol. The molecule has 0 aliphatic rings. The maximum atomic E-state index is 11.3. The van der Waals surface area contributed by atoms with Crippen LogP contribution in [0.1, 0.15) is 31.1 Å². The lowest BCUT2D eigenvalue weighted by atomic mass is 10.1. The van der Waals surface area contributed by atoms with Gasteiger partial charge in [0.05, 0.1) is 0 Å². The van der Waals surface area contributed by atoms with E-state index in [1.165, 1.54) is 0 Å². The van der Waals surface area contributed by atoms with Crippen LogP contribution in [0.15, 0.2) is 18.3 Å². The smallest absolute Gasteiger partial charge is 0.325 e. The van der Waals surface area contributed by atoms with Gasteiger partial charge in [-0.1, -0.05) is 19.9 Å².